The normalized spacial score (nSPS) is 10.4. The molecule has 0 fully saturated rings. The van der Waals surface area contributed by atoms with Crippen LogP contribution in [0, 0.1) is 13.8 Å². The van der Waals surface area contributed by atoms with Crippen LogP contribution in [0.5, 0.6) is 0 Å². The molecule has 2 heterocycles. The van der Waals surface area contributed by atoms with E-state index in [1.54, 1.807) is 12.1 Å². The molecule has 110 valence electrons. The minimum absolute atomic E-state index is 0.222. The number of ketones is 1. The van der Waals surface area contributed by atoms with Crippen molar-refractivity contribution < 1.29 is 14.3 Å². The van der Waals surface area contributed by atoms with E-state index in [1.807, 2.05) is 18.4 Å². The van der Waals surface area contributed by atoms with Crippen molar-refractivity contribution in [3.63, 3.8) is 0 Å². The molecule has 1 N–H and O–H groups in total. The van der Waals surface area contributed by atoms with E-state index in [-0.39, 0.29) is 18.1 Å². The number of ether oxygens (including phenoxy) is 1. The smallest absolute Gasteiger partial charge is 0.356 e. The average Bonchev–Trinajstić information content (AvgIpc) is 3.08. The zero-order valence-electron chi connectivity index (χ0n) is 12.0. The molecule has 0 saturated carbocycles. The largest absolute Gasteiger partial charge is 0.453 e. The number of aromatic nitrogens is 3. The lowest BCUT2D eigenvalue weighted by molar-refractivity contribution is 0.0468. The molecule has 0 spiro atoms. The molecule has 2 aromatic rings. The second-order valence-electron chi connectivity index (χ2n) is 4.65. The summed E-state index contributed by atoms with van der Waals surface area (Å²) in [5.74, 6) is -0.827. The average molecular weight is 287 g/mol. The van der Waals surface area contributed by atoms with Gasteiger partial charge in [0, 0.05) is 29.7 Å². The quantitative estimate of drug-likeness (QED) is 0.501. The number of esters is 1. The fraction of sp³-hybridized carbons (Fsp3) is 0.267. The number of hydrogen-bond donors (Lipinski definition) is 1. The van der Waals surface area contributed by atoms with Gasteiger partial charge in [0.15, 0.2) is 6.61 Å². The third-order valence-electron chi connectivity index (χ3n) is 3.24. The summed E-state index contributed by atoms with van der Waals surface area (Å²) in [5.41, 5.74) is 2.59. The molecule has 6 heteroatoms. The van der Waals surface area contributed by atoms with Crippen LogP contribution in [-0.4, -0.2) is 33.1 Å². The summed E-state index contributed by atoms with van der Waals surface area (Å²) < 4.78 is 6.96. The van der Waals surface area contributed by atoms with Crippen LogP contribution in [0.25, 0.3) is 0 Å². The molecule has 0 bridgehead atoms. The Morgan fingerprint density at radius 1 is 1.48 bits per heavy atom. The van der Waals surface area contributed by atoms with Crippen LogP contribution in [0.15, 0.2) is 31.0 Å². The molecule has 0 amide bonds. The summed E-state index contributed by atoms with van der Waals surface area (Å²) in [5, 5.41) is 6.15. The van der Waals surface area contributed by atoms with Crippen molar-refractivity contribution in [2.24, 2.45) is 0 Å². The maximum absolute atomic E-state index is 12.2. The van der Waals surface area contributed by atoms with Gasteiger partial charge in [-0.1, -0.05) is 6.08 Å². The number of nitrogens with zero attached hydrogens (tertiary/aromatic N) is 2. The summed E-state index contributed by atoms with van der Waals surface area (Å²) in [4.78, 5) is 23.8. The molecule has 2 aromatic heterocycles. The predicted molar refractivity (Wildman–Crippen MR) is 77.3 cm³/mol. The van der Waals surface area contributed by atoms with E-state index in [0.29, 0.717) is 12.1 Å². The summed E-state index contributed by atoms with van der Waals surface area (Å²) in [6.45, 7) is 7.82. The van der Waals surface area contributed by atoms with E-state index >= 15 is 0 Å². The van der Waals surface area contributed by atoms with Crippen molar-refractivity contribution in [2.45, 2.75) is 20.4 Å². The molecule has 0 radical (unpaired) electrons. The highest BCUT2D eigenvalue weighted by Crippen LogP contribution is 2.16. The van der Waals surface area contributed by atoms with Gasteiger partial charge in [0.05, 0.1) is 0 Å². The fourth-order valence-corrected chi connectivity index (χ4v) is 2.15. The Kier molecular flexibility index (Phi) is 4.37. The van der Waals surface area contributed by atoms with Crippen LogP contribution in [0.1, 0.15) is 32.2 Å². The van der Waals surface area contributed by atoms with Crippen LogP contribution >= 0.6 is 0 Å². The highest BCUT2D eigenvalue weighted by Gasteiger charge is 2.17. The molecule has 0 aliphatic rings. The van der Waals surface area contributed by atoms with Gasteiger partial charge in [0.25, 0.3) is 0 Å². The molecule has 6 nitrogen and oxygen atoms in total. The molecule has 0 saturated heterocycles. The third kappa shape index (κ3) is 3.10. The zero-order chi connectivity index (χ0) is 15.4. The molecule has 0 unspecified atom stereocenters. The number of carbonyl (C=O) groups excluding carboxylic acids is 2. The van der Waals surface area contributed by atoms with E-state index in [4.69, 9.17) is 4.74 Å². The van der Waals surface area contributed by atoms with Gasteiger partial charge in [-0.15, -0.1) is 6.58 Å². The van der Waals surface area contributed by atoms with Gasteiger partial charge in [-0.3, -0.25) is 9.89 Å². The van der Waals surface area contributed by atoms with E-state index in [2.05, 4.69) is 16.8 Å². The van der Waals surface area contributed by atoms with Gasteiger partial charge in [-0.2, -0.15) is 5.10 Å². The molecule has 21 heavy (non-hydrogen) atoms. The molecule has 0 aliphatic heterocycles. The standard InChI is InChI=1S/C15H17N3O3/c1-4-7-18-10(2)8-12(11(18)3)14(19)9-21-15(20)13-5-6-16-17-13/h4-6,8H,1,7,9H2,2-3H3,(H,16,17). The zero-order valence-corrected chi connectivity index (χ0v) is 12.0. The number of H-pyrrole nitrogens is 1. The van der Waals surface area contributed by atoms with Gasteiger partial charge >= 0.3 is 5.97 Å². The Balaban J connectivity index is 2.05. The minimum atomic E-state index is -0.597. The topological polar surface area (TPSA) is 77.0 Å². The van der Waals surface area contributed by atoms with Crippen LogP contribution in [0.3, 0.4) is 0 Å². The van der Waals surface area contributed by atoms with Crippen molar-refractivity contribution in [1.29, 1.82) is 0 Å². The predicted octanol–water partition coefficient (Wildman–Crippen LogP) is 2.05. The lowest BCUT2D eigenvalue weighted by Gasteiger charge is -2.06. The van der Waals surface area contributed by atoms with Crippen molar-refractivity contribution in [3.8, 4) is 0 Å². The van der Waals surface area contributed by atoms with Crippen molar-refractivity contribution in [1.82, 2.24) is 14.8 Å². The number of aromatic amines is 1. The molecular formula is C15H17N3O3. The van der Waals surface area contributed by atoms with Gasteiger partial charge in [-0.25, -0.2) is 4.79 Å². The monoisotopic (exact) mass is 287 g/mol. The number of rotatable bonds is 6. The summed E-state index contributed by atoms with van der Waals surface area (Å²) in [7, 11) is 0. The first-order valence-electron chi connectivity index (χ1n) is 6.52. The summed E-state index contributed by atoms with van der Waals surface area (Å²) >= 11 is 0. The number of nitrogens with one attached hydrogen (secondary N) is 1. The first-order chi connectivity index (χ1) is 10.0. The maximum Gasteiger partial charge on any atom is 0.356 e. The number of aryl methyl sites for hydroxylation is 1. The van der Waals surface area contributed by atoms with E-state index in [0.717, 1.165) is 11.4 Å². The molecule has 0 aromatic carbocycles. The first-order valence-corrected chi connectivity index (χ1v) is 6.52. The van der Waals surface area contributed by atoms with Gasteiger partial charge in [0.1, 0.15) is 5.69 Å². The Labute approximate surface area is 122 Å². The number of Topliss-reactive ketones (excluding diaryl/α,β-unsaturated/α-hetero) is 1. The van der Waals surface area contributed by atoms with Crippen molar-refractivity contribution in [2.75, 3.05) is 6.61 Å². The SMILES string of the molecule is C=CCn1c(C)cc(C(=O)COC(=O)c2ccn[nH]2)c1C. The van der Waals surface area contributed by atoms with Crippen LogP contribution in [-0.2, 0) is 11.3 Å². The maximum atomic E-state index is 12.2. The molecule has 0 aliphatic carbocycles. The number of hydrogen-bond acceptors (Lipinski definition) is 4. The van der Waals surface area contributed by atoms with Gasteiger partial charge < -0.3 is 9.30 Å². The molecule has 2 rings (SSSR count). The van der Waals surface area contributed by atoms with E-state index in [9.17, 15) is 9.59 Å². The van der Waals surface area contributed by atoms with Crippen LogP contribution < -0.4 is 0 Å². The molecular weight excluding hydrogens is 270 g/mol. The lowest BCUT2D eigenvalue weighted by atomic mass is 10.1. The van der Waals surface area contributed by atoms with Gasteiger partial charge in [-0.05, 0) is 26.0 Å². The third-order valence-corrected chi connectivity index (χ3v) is 3.24. The Bertz CT molecular complexity index is 669. The number of allylic oxidation sites excluding steroid dienone is 1. The summed E-state index contributed by atoms with van der Waals surface area (Å²) in [6.07, 6.45) is 3.22. The highest BCUT2D eigenvalue weighted by atomic mass is 16.5. The van der Waals surface area contributed by atoms with Crippen molar-refractivity contribution in [3.05, 3.63) is 53.6 Å². The Morgan fingerprint density at radius 3 is 2.86 bits per heavy atom. The minimum Gasteiger partial charge on any atom is -0.453 e. The van der Waals surface area contributed by atoms with E-state index in [1.165, 1.54) is 12.3 Å². The molecule has 0 atom stereocenters. The van der Waals surface area contributed by atoms with Crippen molar-refractivity contribution >= 4 is 11.8 Å². The lowest BCUT2D eigenvalue weighted by Crippen LogP contribution is -2.15. The number of carbonyl (C=O) groups is 2. The second-order valence-corrected chi connectivity index (χ2v) is 4.65. The fourth-order valence-electron chi connectivity index (χ4n) is 2.15. The first kappa shape index (κ1) is 14.8. The Hall–Kier alpha value is -2.63. The van der Waals surface area contributed by atoms with Gasteiger partial charge in [0.2, 0.25) is 5.78 Å². The van der Waals surface area contributed by atoms with Crippen LogP contribution in [0.4, 0.5) is 0 Å². The van der Waals surface area contributed by atoms with Crippen LogP contribution in [0.2, 0.25) is 0 Å². The second kappa shape index (κ2) is 6.21. The Morgan fingerprint density at radius 2 is 2.24 bits per heavy atom. The summed E-state index contributed by atoms with van der Waals surface area (Å²) in [6, 6.07) is 3.29. The highest BCUT2D eigenvalue weighted by molar-refractivity contribution is 6.00. The van der Waals surface area contributed by atoms with E-state index < -0.39 is 5.97 Å².